The Morgan fingerprint density at radius 2 is 2.16 bits per heavy atom. The van der Waals surface area contributed by atoms with E-state index in [1.807, 2.05) is 0 Å². The van der Waals surface area contributed by atoms with E-state index in [1.54, 1.807) is 25.1 Å². The fourth-order valence-corrected chi connectivity index (χ4v) is 5.40. The number of rotatable bonds is 7. The molecule has 2 heterocycles. The number of carboxylic acids is 1. The molecule has 2 aliphatic rings. The van der Waals surface area contributed by atoms with Crippen LogP contribution in [0.25, 0.3) is 0 Å². The van der Waals surface area contributed by atoms with Gasteiger partial charge in [0, 0.05) is 21.3 Å². The van der Waals surface area contributed by atoms with Crippen molar-refractivity contribution in [1.29, 1.82) is 0 Å². The Kier molecular flexibility index (Phi) is 7.90. The second kappa shape index (κ2) is 10.1. The van der Waals surface area contributed by atoms with Crippen LogP contribution in [-0.4, -0.2) is 55.0 Å². The number of thioether (sulfide) groups is 1. The van der Waals surface area contributed by atoms with Crippen LogP contribution >= 0.6 is 63.1 Å². The first kappa shape index (κ1) is 24.3. The fourth-order valence-electron chi connectivity index (χ4n) is 3.09. The maximum Gasteiger partial charge on any atom is 0.353 e. The molecule has 0 aromatic heterocycles. The number of β-lactam (4-membered cyclic amide) rings is 1. The number of hydrogen-bond donors (Lipinski definition) is 2. The van der Waals surface area contributed by atoms with Gasteiger partial charge in [-0.25, -0.2) is 9.59 Å². The standard InChI is InChI=1S/C19H17BrCl2N2O5S2/c1-8(20)7-29-19(28)15-16(18(26)27)24-13(25)6-14(24)31-17(15)23-12(30)5-9-4-10(21)2-3-11(9)22/h2-4,8,14,17H,5-7H2,1H3,(H,23,30)(H,26,27)/t8?,14-,17?/m1/s1. The molecule has 1 aromatic carbocycles. The number of esters is 1. The van der Waals surface area contributed by atoms with Crippen molar-refractivity contribution in [2.24, 2.45) is 0 Å². The first-order valence-electron chi connectivity index (χ1n) is 9.08. The van der Waals surface area contributed by atoms with Gasteiger partial charge in [-0.3, -0.25) is 9.69 Å². The van der Waals surface area contributed by atoms with Crippen LogP contribution in [0.4, 0.5) is 0 Å². The maximum atomic E-state index is 12.8. The zero-order valence-electron chi connectivity index (χ0n) is 16.1. The number of carboxylic acid groups (broad SMARTS) is 1. The SMILES string of the molecule is CC(Br)COC(=O)C1=C(C(=O)O)N2C(=O)C[C@H]2SC1NC(=S)Cc1cc(Cl)ccc1Cl. The monoisotopic (exact) mass is 566 g/mol. The number of carbonyl (C=O) groups excluding carboxylic acids is 2. The highest BCUT2D eigenvalue weighted by Crippen LogP contribution is 2.43. The maximum absolute atomic E-state index is 12.8. The predicted octanol–water partition coefficient (Wildman–Crippen LogP) is 3.75. The molecule has 0 spiro atoms. The normalized spacial score (nSPS) is 21.2. The van der Waals surface area contributed by atoms with Crippen molar-refractivity contribution in [3.8, 4) is 0 Å². The Labute approximate surface area is 206 Å². The lowest BCUT2D eigenvalue weighted by Crippen LogP contribution is -2.58. The van der Waals surface area contributed by atoms with Gasteiger partial charge in [0.1, 0.15) is 23.3 Å². The van der Waals surface area contributed by atoms with Crippen molar-refractivity contribution in [1.82, 2.24) is 10.2 Å². The summed E-state index contributed by atoms with van der Waals surface area (Å²) in [5.74, 6) is -2.57. The number of alkyl halides is 1. The first-order chi connectivity index (χ1) is 14.6. The highest BCUT2D eigenvalue weighted by atomic mass is 79.9. The minimum absolute atomic E-state index is 0.0343. The molecule has 31 heavy (non-hydrogen) atoms. The van der Waals surface area contributed by atoms with E-state index in [9.17, 15) is 19.5 Å². The van der Waals surface area contributed by atoms with Gasteiger partial charge in [-0.05, 0) is 30.7 Å². The Morgan fingerprint density at radius 3 is 2.77 bits per heavy atom. The van der Waals surface area contributed by atoms with Gasteiger partial charge >= 0.3 is 11.9 Å². The third kappa shape index (κ3) is 5.54. The molecular weight excluding hydrogens is 551 g/mol. The van der Waals surface area contributed by atoms with Gasteiger partial charge in [0.15, 0.2) is 0 Å². The summed E-state index contributed by atoms with van der Waals surface area (Å²) in [7, 11) is 0. The number of fused-ring (bicyclic) bond motifs is 1. The Morgan fingerprint density at radius 1 is 1.45 bits per heavy atom. The van der Waals surface area contributed by atoms with Crippen LogP contribution in [0.3, 0.4) is 0 Å². The molecule has 0 aliphatic carbocycles. The Bertz CT molecular complexity index is 988. The molecule has 3 atom stereocenters. The molecule has 2 unspecified atom stereocenters. The van der Waals surface area contributed by atoms with E-state index in [-0.39, 0.29) is 41.5 Å². The number of halogens is 3. The lowest BCUT2D eigenvalue weighted by atomic mass is 10.1. The van der Waals surface area contributed by atoms with Gasteiger partial charge in [0.2, 0.25) is 5.91 Å². The average Bonchev–Trinajstić information content (AvgIpc) is 2.67. The molecule has 1 amide bonds. The zero-order valence-corrected chi connectivity index (χ0v) is 20.8. The molecule has 3 rings (SSSR count). The first-order valence-corrected chi connectivity index (χ1v) is 12.1. The van der Waals surface area contributed by atoms with Crippen LogP contribution in [0, 0.1) is 0 Å². The van der Waals surface area contributed by atoms with E-state index in [0.29, 0.717) is 20.6 Å². The second-order valence-corrected chi connectivity index (χ2v) is 11.1. The van der Waals surface area contributed by atoms with Crippen LogP contribution in [0.5, 0.6) is 0 Å². The van der Waals surface area contributed by atoms with Crippen molar-refractivity contribution in [2.45, 2.75) is 35.3 Å². The summed E-state index contributed by atoms with van der Waals surface area (Å²) in [4.78, 5) is 38.2. The summed E-state index contributed by atoms with van der Waals surface area (Å²) in [6.07, 6.45) is 0.412. The van der Waals surface area contributed by atoms with Crippen LogP contribution in [0.2, 0.25) is 10.0 Å². The van der Waals surface area contributed by atoms with Gasteiger partial charge in [0.25, 0.3) is 0 Å². The number of ether oxygens (including phenoxy) is 1. The summed E-state index contributed by atoms with van der Waals surface area (Å²) in [5, 5.41) is 12.6. The molecule has 0 radical (unpaired) electrons. The molecule has 2 aliphatic heterocycles. The van der Waals surface area contributed by atoms with Crippen molar-refractivity contribution in [3.63, 3.8) is 0 Å². The summed E-state index contributed by atoms with van der Waals surface area (Å²) in [5.41, 5.74) is 0.149. The van der Waals surface area contributed by atoms with Gasteiger partial charge in [-0.1, -0.05) is 51.3 Å². The number of benzene rings is 1. The topological polar surface area (TPSA) is 95.9 Å². The van der Waals surface area contributed by atoms with Crippen LogP contribution in [0.1, 0.15) is 18.9 Å². The van der Waals surface area contributed by atoms with E-state index in [1.165, 1.54) is 11.8 Å². The second-order valence-electron chi connectivity index (χ2n) is 6.87. The van der Waals surface area contributed by atoms with E-state index in [0.717, 1.165) is 4.90 Å². The number of carbonyl (C=O) groups is 3. The molecule has 166 valence electrons. The van der Waals surface area contributed by atoms with Crippen molar-refractivity contribution >= 4 is 85.9 Å². The third-order valence-electron chi connectivity index (χ3n) is 4.47. The van der Waals surface area contributed by atoms with Crippen molar-refractivity contribution in [2.75, 3.05) is 6.61 Å². The molecule has 1 aromatic rings. The largest absolute Gasteiger partial charge is 0.477 e. The highest BCUT2D eigenvalue weighted by molar-refractivity contribution is 9.09. The lowest BCUT2D eigenvalue weighted by Gasteiger charge is -2.46. The highest BCUT2D eigenvalue weighted by Gasteiger charge is 2.50. The lowest BCUT2D eigenvalue weighted by molar-refractivity contribution is -0.147. The molecule has 2 N–H and O–H groups in total. The predicted molar refractivity (Wildman–Crippen MR) is 127 cm³/mol. The Balaban J connectivity index is 1.89. The summed E-state index contributed by atoms with van der Waals surface area (Å²) < 4.78 is 5.25. The van der Waals surface area contributed by atoms with E-state index < -0.39 is 22.7 Å². The van der Waals surface area contributed by atoms with Gasteiger partial charge < -0.3 is 15.2 Å². The van der Waals surface area contributed by atoms with Crippen LogP contribution in [-0.2, 0) is 25.5 Å². The summed E-state index contributed by atoms with van der Waals surface area (Å²) >= 11 is 22.2. The number of amides is 1. The average molecular weight is 568 g/mol. The molecular formula is C19H17BrCl2N2O5S2. The minimum Gasteiger partial charge on any atom is -0.477 e. The third-order valence-corrected chi connectivity index (χ3v) is 6.92. The molecule has 1 fully saturated rings. The number of hydrogen-bond acceptors (Lipinski definition) is 6. The summed E-state index contributed by atoms with van der Waals surface area (Å²) in [6, 6.07) is 4.99. The molecule has 12 heteroatoms. The van der Waals surface area contributed by atoms with Gasteiger partial charge in [-0.15, -0.1) is 11.8 Å². The molecule has 0 saturated carbocycles. The zero-order chi connectivity index (χ0) is 22.9. The van der Waals surface area contributed by atoms with Gasteiger partial charge in [-0.2, -0.15) is 0 Å². The van der Waals surface area contributed by atoms with Crippen LogP contribution < -0.4 is 5.32 Å². The number of nitrogens with zero attached hydrogens (tertiary/aromatic N) is 1. The van der Waals surface area contributed by atoms with E-state index in [4.69, 9.17) is 40.2 Å². The molecule has 7 nitrogen and oxygen atoms in total. The minimum atomic E-state index is -1.38. The Hall–Kier alpha value is -1.33. The van der Waals surface area contributed by atoms with Gasteiger partial charge in [0.05, 0.1) is 16.8 Å². The molecule has 1 saturated heterocycles. The molecule has 0 bridgehead atoms. The number of aliphatic carboxylic acids is 1. The van der Waals surface area contributed by atoms with E-state index >= 15 is 0 Å². The van der Waals surface area contributed by atoms with E-state index in [2.05, 4.69) is 21.2 Å². The smallest absolute Gasteiger partial charge is 0.353 e. The number of thiocarbonyl (C=S) groups is 1. The van der Waals surface area contributed by atoms with Crippen molar-refractivity contribution in [3.05, 3.63) is 45.1 Å². The quantitative estimate of drug-likeness (QED) is 0.223. The number of nitrogens with one attached hydrogen (secondary N) is 1. The summed E-state index contributed by atoms with van der Waals surface area (Å²) in [6.45, 7) is 1.82. The fraction of sp³-hybridized carbons (Fsp3) is 0.368. The van der Waals surface area contributed by atoms with Crippen LogP contribution in [0.15, 0.2) is 29.5 Å². The van der Waals surface area contributed by atoms with Crippen molar-refractivity contribution < 1.29 is 24.2 Å².